The molecule has 0 radical (unpaired) electrons. The summed E-state index contributed by atoms with van der Waals surface area (Å²) < 4.78 is 0. The number of pyridine rings is 3. The largest absolute Gasteiger partial charge is 0.256 e. The Bertz CT molecular complexity index is 1880. The van der Waals surface area contributed by atoms with Gasteiger partial charge in [-0.2, -0.15) is 0 Å². The molecule has 3 nitrogen and oxygen atoms in total. The Hall–Kier alpha value is -4.89. The fourth-order valence-corrected chi connectivity index (χ4v) is 4.95. The maximum Gasteiger partial charge on any atom is 0.0788 e. The second kappa shape index (κ2) is 8.40. The van der Waals surface area contributed by atoms with E-state index in [0.717, 1.165) is 50.1 Å². The first-order chi connectivity index (χ1) is 17.8. The van der Waals surface area contributed by atoms with E-state index < -0.39 is 0 Å². The van der Waals surface area contributed by atoms with Crippen molar-refractivity contribution in [1.82, 2.24) is 15.0 Å². The summed E-state index contributed by atoms with van der Waals surface area (Å²) in [6.07, 6.45) is 3.66. The minimum absolute atomic E-state index is 0.944. The molecule has 0 saturated heterocycles. The van der Waals surface area contributed by atoms with Gasteiger partial charge >= 0.3 is 0 Å². The lowest BCUT2D eigenvalue weighted by atomic mass is 9.95. The molecular weight excluding hydrogens is 438 g/mol. The zero-order chi connectivity index (χ0) is 23.9. The highest BCUT2D eigenvalue weighted by Gasteiger charge is 2.14. The van der Waals surface area contributed by atoms with E-state index >= 15 is 0 Å². The summed E-state index contributed by atoms with van der Waals surface area (Å²) in [5, 5.41) is 5.84. The van der Waals surface area contributed by atoms with Crippen LogP contribution in [0.5, 0.6) is 0 Å². The van der Waals surface area contributed by atoms with Gasteiger partial charge in [0.15, 0.2) is 0 Å². The third-order valence-corrected chi connectivity index (χ3v) is 6.74. The van der Waals surface area contributed by atoms with Crippen LogP contribution in [0.3, 0.4) is 0 Å². The molecule has 0 unspecified atom stereocenters. The summed E-state index contributed by atoms with van der Waals surface area (Å²) >= 11 is 0. The van der Waals surface area contributed by atoms with Crippen LogP contribution in [-0.4, -0.2) is 15.0 Å². The Morgan fingerprint density at radius 3 is 1.78 bits per heavy atom. The van der Waals surface area contributed by atoms with E-state index in [9.17, 15) is 0 Å². The molecule has 7 rings (SSSR count). The summed E-state index contributed by atoms with van der Waals surface area (Å²) in [4.78, 5) is 14.4. The maximum atomic E-state index is 5.25. The molecule has 0 amide bonds. The van der Waals surface area contributed by atoms with Crippen molar-refractivity contribution in [2.24, 2.45) is 0 Å². The highest BCUT2D eigenvalue weighted by molar-refractivity contribution is 6.12. The molecule has 0 fully saturated rings. The van der Waals surface area contributed by atoms with Crippen LogP contribution in [0.2, 0.25) is 0 Å². The molecule has 7 aromatic rings. The van der Waals surface area contributed by atoms with Gasteiger partial charge in [-0.1, -0.05) is 72.8 Å². The highest BCUT2D eigenvalue weighted by atomic mass is 14.7. The van der Waals surface area contributed by atoms with Crippen LogP contribution in [0.15, 0.2) is 128 Å². The molecule has 3 heterocycles. The van der Waals surface area contributed by atoms with Gasteiger partial charge in [-0.15, -0.1) is 0 Å². The van der Waals surface area contributed by atoms with E-state index in [0.29, 0.717) is 0 Å². The monoisotopic (exact) mass is 459 g/mol. The predicted octanol–water partition coefficient (Wildman–Crippen LogP) is 8.33. The molecule has 168 valence electrons. The maximum absolute atomic E-state index is 5.25. The topological polar surface area (TPSA) is 38.7 Å². The van der Waals surface area contributed by atoms with E-state index in [-0.39, 0.29) is 0 Å². The summed E-state index contributed by atoms with van der Waals surface area (Å²) in [6, 6.07) is 40.1. The van der Waals surface area contributed by atoms with Gasteiger partial charge in [-0.05, 0) is 58.6 Å². The lowest BCUT2D eigenvalue weighted by Crippen LogP contribution is -1.92. The SMILES string of the molecule is c1ccc(-c2ccc3c(c2)nc(-c2ccc4ccccc4c2)c2cc(-c4ccccn4)ccc23)nc1. The molecule has 3 heteroatoms. The second-order valence-electron chi connectivity index (χ2n) is 8.94. The number of rotatable bonds is 3. The predicted molar refractivity (Wildman–Crippen MR) is 149 cm³/mol. The first kappa shape index (κ1) is 20.5. The van der Waals surface area contributed by atoms with Crippen LogP contribution in [0, 0.1) is 0 Å². The zero-order valence-corrected chi connectivity index (χ0v) is 19.5. The molecule has 0 N–H and O–H groups in total. The Labute approximate surface area is 208 Å². The van der Waals surface area contributed by atoms with Crippen molar-refractivity contribution in [3.05, 3.63) is 128 Å². The van der Waals surface area contributed by atoms with Crippen molar-refractivity contribution in [1.29, 1.82) is 0 Å². The van der Waals surface area contributed by atoms with Crippen LogP contribution in [0.1, 0.15) is 0 Å². The van der Waals surface area contributed by atoms with Crippen molar-refractivity contribution < 1.29 is 0 Å². The Morgan fingerprint density at radius 2 is 1.06 bits per heavy atom. The molecule has 0 aliphatic carbocycles. The van der Waals surface area contributed by atoms with Gasteiger partial charge in [0, 0.05) is 39.9 Å². The lowest BCUT2D eigenvalue weighted by Gasteiger charge is -2.13. The fraction of sp³-hybridized carbons (Fsp3) is 0. The zero-order valence-electron chi connectivity index (χ0n) is 19.5. The van der Waals surface area contributed by atoms with Gasteiger partial charge in [0.1, 0.15) is 0 Å². The smallest absolute Gasteiger partial charge is 0.0788 e. The number of fused-ring (bicyclic) bond motifs is 4. The quantitative estimate of drug-likeness (QED) is 0.249. The van der Waals surface area contributed by atoms with Gasteiger partial charge < -0.3 is 0 Å². The standard InChI is InChI=1S/C33H21N3/c1-2-8-23-19-26(12-11-22(23)7-1)33-29-20-24(30-9-3-5-17-34-30)13-15-27(29)28-16-14-25(21-32(28)36-33)31-10-4-6-18-35-31/h1-21H. The second-order valence-corrected chi connectivity index (χ2v) is 8.94. The highest BCUT2D eigenvalue weighted by Crippen LogP contribution is 2.37. The average Bonchev–Trinajstić information content (AvgIpc) is 2.97. The van der Waals surface area contributed by atoms with Crippen LogP contribution in [0.4, 0.5) is 0 Å². The Morgan fingerprint density at radius 1 is 0.417 bits per heavy atom. The molecule has 4 aromatic carbocycles. The average molecular weight is 460 g/mol. The summed E-state index contributed by atoms with van der Waals surface area (Å²) in [5.74, 6) is 0. The number of nitrogens with zero attached hydrogens (tertiary/aromatic N) is 3. The molecule has 0 bridgehead atoms. The van der Waals surface area contributed by atoms with Crippen LogP contribution >= 0.6 is 0 Å². The van der Waals surface area contributed by atoms with E-state index in [1.54, 1.807) is 0 Å². The van der Waals surface area contributed by atoms with E-state index in [1.807, 2.05) is 48.8 Å². The Balaban J connectivity index is 1.53. The minimum atomic E-state index is 0.944. The first-order valence-corrected chi connectivity index (χ1v) is 12.0. The van der Waals surface area contributed by atoms with Crippen LogP contribution in [-0.2, 0) is 0 Å². The van der Waals surface area contributed by atoms with E-state index in [1.165, 1.54) is 16.2 Å². The van der Waals surface area contributed by atoms with Gasteiger partial charge in [-0.3, -0.25) is 9.97 Å². The van der Waals surface area contributed by atoms with Crippen molar-refractivity contribution in [3.8, 4) is 33.8 Å². The summed E-state index contributed by atoms with van der Waals surface area (Å²) in [7, 11) is 0. The van der Waals surface area contributed by atoms with Crippen LogP contribution in [0.25, 0.3) is 66.2 Å². The van der Waals surface area contributed by atoms with Crippen molar-refractivity contribution in [2.45, 2.75) is 0 Å². The number of aromatic nitrogens is 3. The third-order valence-electron chi connectivity index (χ3n) is 6.74. The van der Waals surface area contributed by atoms with Gasteiger partial charge in [0.2, 0.25) is 0 Å². The number of hydrogen-bond acceptors (Lipinski definition) is 3. The van der Waals surface area contributed by atoms with Crippen LogP contribution < -0.4 is 0 Å². The molecule has 0 aliphatic heterocycles. The lowest BCUT2D eigenvalue weighted by molar-refractivity contribution is 1.32. The third kappa shape index (κ3) is 3.50. The Kier molecular flexibility index (Phi) is 4.78. The molecule has 0 atom stereocenters. The van der Waals surface area contributed by atoms with E-state index in [2.05, 4.69) is 88.8 Å². The van der Waals surface area contributed by atoms with Crippen molar-refractivity contribution >= 4 is 32.4 Å². The van der Waals surface area contributed by atoms with Crippen molar-refractivity contribution in [2.75, 3.05) is 0 Å². The molecule has 3 aromatic heterocycles. The summed E-state index contributed by atoms with van der Waals surface area (Å²) in [5.41, 5.74) is 7.06. The van der Waals surface area contributed by atoms with E-state index in [4.69, 9.17) is 4.98 Å². The molecule has 0 spiro atoms. The number of benzene rings is 4. The summed E-state index contributed by atoms with van der Waals surface area (Å²) in [6.45, 7) is 0. The molecule has 36 heavy (non-hydrogen) atoms. The molecular formula is C33H21N3. The molecule has 0 aliphatic rings. The minimum Gasteiger partial charge on any atom is -0.256 e. The number of hydrogen-bond donors (Lipinski definition) is 0. The normalized spacial score (nSPS) is 11.3. The van der Waals surface area contributed by atoms with Crippen molar-refractivity contribution in [3.63, 3.8) is 0 Å². The van der Waals surface area contributed by atoms with Gasteiger partial charge in [0.25, 0.3) is 0 Å². The fourth-order valence-electron chi connectivity index (χ4n) is 4.95. The van der Waals surface area contributed by atoms with Gasteiger partial charge in [-0.25, -0.2) is 4.98 Å². The molecule has 0 saturated carbocycles. The first-order valence-electron chi connectivity index (χ1n) is 12.0. The van der Waals surface area contributed by atoms with Gasteiger partial charge in [0.05, 0.1) is 22.6 Å².